The average Bonchev–Trinajstić information content (AvgIpc) is 3.08. The molecule has 0 saturated heterocycles. The zero-order valence-electron chi connectivity index (χ0n) is 18.0. The van der Waals surface area contributed by atoms with Crippen molar-refractivity contribution >= 4 is 55.5 Å². The van der Waals surface area contributed by atoms with Gasteiger partial charge in [0.15, 0.2) is 5.75 Å². The molecule has 1 N–H and O–H groups in total. The fourth-order valence-corrected chi connectivity index (χ4v) is 4.80. The maximum Gasteiger partial charge on any atom is 0.339 e. The van der Waals surface area contributed by atoms with Gasteiger partial charge < -0.3 is 14.8 Å². The van der Waals surface area contributed by atoms with Crippen LogP contribution in [0.5, 0.6) is 17.2 Å². The highest BCUT2D eigenvalue weighted by Crippen LogP contribution is 2.42. The average molecular weight is 571 g/mol. The van der Waals surface area contributed by atoms with Crippen LogP contribution >= 0.6 is 31.9 Å². The number of esters is 1. The highest BCUT2D eigenvalue weighted by molar-refractivity contribution is 9.11. The molecule has 33 heavy (non-hydrogen) atoms. The second-order valence-corrected chi connectivity index (χ2v) is 9.31. The summed E-state index contributed by atoms with van der Waals surface area (Å²) in [4.78, 5) is 24.6. The minimum atomic E-state index is -0.404. The number of carbonyl (C=O) groups excluding carboxylic acids is 2. The molecule has 1 aliphatic rings. The Morgan fingerprint density at radius 3 is 2.39 bits per heavy atom. The van der Waals surface area contributed by atoms with E-state index < -0.39 is 5.97 Å². The lowest BCUT2D eigenvalue weighted by molar-refractivity contribution is -0.130. The molecule has 168 valence electrons. The Morgan fingerprint density at radius 1 is 1.03 bits per heavy atom. The second-order valence-electron chi connectivity index (χ2n) is 7.60. The molecule has 1 heterocycles. The molecule has 1 atom stereocenters. The topological polar surface area (TPSA) is 64.6 Å². The van der Waals surface area contributed by atoms with Gasteiger partial charge in [-0.25, -0.2) is 4.79 Å². The van der Waals surface area contributed by atoms with Crippen LogP contribution in [-0.2, 0) is 9.59 Å². The first-order valence-corrected chi connectivity index (χ1v) is 12.0. The van der Waals surface area contributed by atoms with Gasteiger partial charge in [0.25, 0.3) is 0 Å². The molecule has 4 rings (SSSR count). The normalized spacial score (nSPS) is 15.1. The molecule has 1 aliphatic heterocycles. The van der Waals surface area contributed by atoms with Gasteiger partial charge in [-0.15, -0.1) is 0 Å². The van der Waals surface area contributed by atoms with Crippen LogP contribution in [-0.4, -0.2) is 11.9 Å². The number of ether oxygens (including phenoxy) is 2. The van der Waals surface area contributed by atoms with Gasteiger partial charge in [-0.3, -0.25) is 4.79 Å². The summed E-state index contributed by atoms with van der Waals surface area (Å²) in [5.74, 6) is 0.865. The Hall–Kier alpha value is -2.90. The number of halogens is 2. The quantitative estimate of drug-likeness (QED) is 0.190. The monoisotopic (exact) mass is 569 g/mol. The van der Waals surface area contributed by atoms with Crippen molar-refractivity contribution in [1.29, 1.82) is 0 Å². The summed E-state index contributed by atoms with van der Waals surface area (Å²) < 4.78 is 12.9. The van der Waals surface area contributed by atoms with Gasteiger partial charge >= 0.3 is 5.97 Å². The lowest BCUT2D eigenvalue weighted by Crippen LogP contribution is -2.11. The predicted octanol–water partition coefficient (Wildman–Crippen LogP) is 7.46. The van der Waals surface area contributed by atoms with Crippen molar-refractivity contribution in [1.82, 2.24) is 0 Å². The molecule has 0 aromatic heterocycles. The summed E-state index contributed by atoms with van der Waals surface area (Å²) in [6.07, 6.45) is 2.38. The SMILES string of the molecule is CCC(=Cc1ccccc1)C(=O)Oc1cc(Br)c(Oc2ccc3c(c2)C(C)C(=O)N3)c(Br)c1. The summed E-state index contributed by atoms with van der Waals surface area (Å²) in [5.41, 5.74) is 3.21. The molecule has 0 radical (unpaired) electrons. The number of anilines is 1. The Labute approximate surface area is 209 Å². The van der Waals surface area contributed by atoms with E-state index in [0.29, 0.717) is 38.2 Å². The highest BCUT2D eigenvalue weighted by atomic mass is 79.9. The summed E-state index contributed by atoms with van der Waals surface area (Å²) in [7, 11) is 0. The van der Waals surface area contributed by atoms with E-state index >= 15 is 0 Å². The molecule has 3 aromatic carbocycles. The largest absolute Gasteiger partial charge is 0.455 e. The van der Waals surface area contributed by atoms with E-state index in [1.54, 1.807) is 18.2 Å². The lowest BCUT2D eigenvalue weighted by atomic mass is 10.0. The second kappa shape index (κ2) is 9.93. The molecule has 0 saturated carbocycles. The highest BCUT2D eigenvalue weighted by Gasteiger charge is 2.27. The molecule has 3 aromatic rings. The molecule has 0 fully saturated rings. The van der Waals surface area contributed by atoms with Crippen molar-refractivity contribution in [3.05, 3.63) is 86.3 Å². The number of hydrogen-bond acceptors (Lipinski definition) is 4. The molecular formula is C26H21Br2NO4. The summed E-state index contributed by atoms with van der Waals surface area (Å²) in [6.45, 7) is 3.77. The van der Waals surface area contributed by atoms with Crippen molar-refractivity contribution in [2.45, 2.75) is 26.2 Å². The molecule has 1 unspecified atom stereocenters. The van der Waals surface area contributed by atoms with Crippen LogP contribution < -0.4 is 14.8 Å². The minimum Gasteiger partial charge on any atom is -0.455 e. The first-order chi connectivity index (χ1) is 15.9. The number of rotatable bonds is 6. The van der Waals surface area contributed by atoms with Gasteiger partial charge in [0, 0.05) is 11.3 Å². The van der Waals surface area contributed by atoms with Crippen LogP contribution in [0.1, 0.15) is 37.3 Å². The minimum absolute atomic E-state index is 0.0246. The van der Waals surface area contributed by atoms with Crippen molar-refractivity contribution in [3.8, 4) is 17.2 Å². The summed E-state index contributed by atoms with van der Waals surface area (Å²) in [6, 6.07) is 18.5. The predicted molar refractivity (Wildman–Crippen MR) is 136 cm³/mol. The number of fused-ring (bicyclic) bond motifs is 1. The van der Waals surface area contributed by atoms with Crippen molar-refractivity contribution in [2.75, 3.05) is 5.32 Å². The summed E-state index contributed by atoms with van der Waals surface area (Å²) in [5, 5.41) is 2.85. The fraction of sp³-hybridized carbons (Fsp3) is 0.154. The molecule has 0 bridgehead atoms. The Kier molecular flexibility index (Phi) is 7.00. The number of benzene rings is 3. The lowest BCUT2D eigenvalue weighted by Gasteiger charge is -2.14. The van der Waals surface area contributed by atoms with Crippen LogP contribution in [0.25, 0.3) is 6.08 Å². The molecule has 7 heteroatoms. The van der Waals surface area contributed by atoms with E-state index in [1.807, 2.05) is 62.4 Å². The molecule has 5 nitrogen and oxygen atoms in total. The summed E-state index contributed by atoms with van der Waals surface area (Å²) >= 11 is 7.02. The van der Waals surface area contributed by atoms with E-state index in [2.05, 4.69) is 37.2 Å². The molecular weight excluding hydrogens is 550 g/mol. The van der Waals surface area contributed by atoms with Gasteiger partial charge in [-0.2, -0.15) is 0 Å². The van der Waals surface area contributed by atoms with E-state index in [-0.39, 0.29) is 11.8 Å². The van der Waals surface area contributed by atoms with Gasteiger partial charge in [0.05, 0.1) is 14.9 Å². The maximum atomic E-state index is 12.7. The van der Waals surface area contributed by atoms with E-state index in [4.69, 9.17) is 9.47 Å². The maximum absolute atomic E-state index is 12.7. The van der Waals surface area contributed by atoms with Crippen LogP contribution in [0.15, 0.2) is 75.2 Å². The smallest absolute Gasteiger partial charge is 0.339 e. The fourth-order valence-electron chi connectivity index (χ4n) is 3.50. The van der Waals surface area contributed by atoms with Gasteiger partial charge in [-0.05, 0) is 92.7 Å². The van der Waals surface area contributed by atoms with Gasteiger partial charge in [-0.1, -0.05) is 37.3 Å². The first-order valence-electron chi connectivity index (χ1n) is 10.4. The Bertz CT molecular complexity index is 1230. The Balaban J connectivity index is 1.52. The van der Waals surface area contributed by atoms with Crippen LogP contribution in [0.4, 0.5) is 5.69 Å². The number of carbonyl (C=O) groups is 2. The van der Waals surface area contributed by atoms with Gasteiger partial charge in [0.2, 0.25) is 5.91 Å². The van der Waals surface area contributed by atoms with Gasteiger partial charge in [0.1, 0.15) is 11.5 Å². The number of nitrogens with one attached hydrogen (secondary N) is 1. The number of hydrogen-bond donors (Lipinski definition) is 1. The molecule has 0 spiro atoms. The van der Waals surface area contributed by atoms with Crippen LogP contribution in [0, 0.1) is 0 Å². The zero-order valence-corrected chi connectivity index (χ0v) is 21.2. The first kappa shape index (κ1) is 23.3. The van der Waals surface area contributed by atoms with Crippen molar-refractivity contribution in [3.63, 3.8) is 0 Å². The van der Waals surface area contributed by atoms with E-state index in [1.165, 1.54) is 0 Å². The van der Waals surface area contributed by atoms with Crippen LogP contribution in [0.2, 0.25) is 0 Å². The third kappa shape index (κ3) is 5.20. The van der Waals surface area contributed by atoms with Crippen molar-refractivity contribution < 1.29 is 19.1 Å². The van der Waals surface area contributed by atoms with E-state index in [0.717, 1.165) is 16.8 Å². The third-order valence-electron chi connectivity index (χ3n) is 5.33. The zero-order chi connectivity index (χ0) is 23.5. The standard InChI is InChI=1S/C26H21Br2NO4/c1-3-17(11-16-7-5-4-6-8-16)26(31)33-19-13-21(27)24(22(28)14-19)32-18-9-10-23-20(12-18)15(2)25(30)29-23/h4-15H,3H2,1-2H3,(H,29,30). The Morgan fingerprint density at radius 2 is 1.73 bits per heavy atom. The van der Waals surface area contributed by atoms with Crippen molar-refractivity contribution in [2.24, 2.45) is 0 Å². The molecule has 0 aliphatic carbocycles. The van der Waals surface area contributed by atoms with Crippen LogP contribution in [0.3, 0.4) is 0 Å². The third-order valence-corrected chi connectivity index (χ3v) is 6.50. The molecule has 1 amide bonds. The van der Waals surface area contributed by atoms with E-state index in [9.17, 15) is 9.59 Å². The number of amides is 1.